The molecular formula is C8H12F3NO4. The normalized spacial score (nSPS) is 15.3. The van der Waals surface area contributed by atoms with E-state index >= 15 is 0 Å². The molecule has 0 N–H and O–H groups in total. The molecule has 0 amide bonds. The quantitative estimate of drug-likeness (QED) is 0.419. The fraction of sp³-hybridized carbons (Fsp3) is 0.875. The smallest absolute Gasteiger partial charge is 0.401 e. The second-order valence-electron chi connectivity index (χ2n) is 3.53. The van der Waals surface area contributed by atoms with Crippen LogP contribution < -0.4 is 0 Å². The SMILES string of the molecule is CCOC(=O)C[C@](C)(C[N+](=O)[O-])C(F)(F)F. The molecule has 0 aliphatic carbocycles. The van der Waals surface area contributed by atoms with Crippen LogP contribution in [0.1, 0.15) is 20.3 Å². The number of nitrogens with zero attached hydrogens (tertiary/aromatic N) is 1. The zero-order chi connectivity index (χ0) is 13.0. The molecule has 1 atom stereocenters. The Hall–Kier alpha value is -1.34. The number of carbonyl (C=O) groups is 1. The van der Waals surface area contributed by atoms with Crippen molar-refractivity contribution in [3.05, 3.63) is 10.1 Å². The van der Waals surface area contributed by atoms with Crippen LogP contribution in [-0.2, 0) is 9.53 Å². The molecule has 8 heteroatoms. The van der Waals surface area contributed by atoms with Crippen molar-refractivity contribution in [2.45, 2.75) is 26.4 Å². The number of rotatable bonds is 5. The molecule has 0 radical (unpaired) electrons. The molecule has 0 bridgehead atoms. The number of carbonyl (C=O) groups excluding carboxylic acids is 1. The van der Waals surface area contributed by atoms with Gasteiger partial charge in [-0.15, -0.1) is 0 Å². The lowest BCUT2D eigenvalue weighted by molar-refractivity contribution is -0.509. The molecular weight excluding hydrogens is 231 g/mol. The largest absolute Gasteiger partial charge is 0.466 e. The van der Waals surface area contributed by atoms with Gasteiger partial charge in [-0.3, -0.25) is 14.9 Å². The van der Waals surface area contributed by atoms with Gasteiger partial charge in [-0.25, -0.2) is 0 Å². The van der Waals surface area contributed by atoms with E-state index in [1.807, 2.05) is 0 Å². The fourth-order valence-corrected chi connectivity index (χ4v) is 1.06. The number of ether oxygens (including phenoxy) is 1. The number of hydrogen-bond donors (Lipinski definition) is 0. The molecule has 5 nitrogen and oxygen atoms in total. The number of hydrogen-bond acceptors (Lipinski definition) is 4. The first-order valence-electron chi connectivity index (χ1n) is 4.46. The second kappa shape index (κ2) is 5.13. The Morgan fingerprint density at radius 3 is 2.25 bits per heavy atom. The van der Waals surface area contributed by atoms with E-state index in [1.165, 1.54) is 6.92 Å². The average molecular weight is 243 g/mol. The first kappa shape index (κ1) is 14.7. The molecule has 0 spiro atoms. The molecule has 0 unspecified atom stereocenters. The van der Waals surface area contributed by atoms with Gasteiger partial charge in [-0.1, -0.05) is 0 Å². The standard InChI is InChI=1S/C8H12F3NO4/c1-3-16-6(13)4-7(2,5-12(14)15)8(9,10)11/h3-5H2,1-2H3/t7-/m1/s1. The van der Waals surface area contributed by atoms with Gasteiger partial charge in [-0.05, 0) is 13.8 Å². The highest BCUT2D eigenvalue weighted by atomic mass is 19.4. The summed E-state index contributed by atoms with van der Waals surface area (Å²) in [6, 6.07) is 0. The third-order valence-corrected chi connectivity index (χ3v) is 2.00. The maximum Gasteiger partial charge on any atom is 0.401 e. The lowest BCUT2D eigenvalue weighted by atomic mass is 9.86. The summed E-state index contributed by atoms with van der Waals surface area (Å²) in [6.45, 7) is 0.656. The lowest BCUT2D eigenvalue weighted by Crippen LogP contribution is -2.43. The number of halogens is 3. The maximum absolute atomic E-state index is 12.6. The minimum atomic E-state index is -4.83. The summed E-state index contributed by atoms with van der Waals surface area (Å²) in [4.78, 5) is 20.0. The first-order chi connectivity index (χ1) is 7.12. The molecule has 0 aromatic carbocycles. The van der Waals surface area contributed by atoms with Gasteiger partial charge < -0.3 is 4.74 Å². The predicted octanol–water partition coefficient (Wildman–Crippen LogP) is 1.78. The van der Waals surface area contributed by atoms with Crippen LogP contribution in [0.4, 0.5) is 13.2 Å². The molecule has 0 aliphatic heterocycles. The van der Waals surface area contributed by atoms with Gasteiger partial charge in [0.15, 0.2) is 0 Å². The van der Waals surface area contributed by atoms with E-state index in [-0.39, 0.29) is 6.61 Å². The summed E-state index contributed by atoms with van der Waals surface area (Å²) in [5.74, 6) is -1.09. The van der Waals surface area contributed by atoms with Crippen LogP contribution in [0.15, 0.2) is 0 Å². The molecule has 0 aromatic heterocycles. The van der Waals surface area contributed by atoms with Crippen LogP contribution in [0.2, 0.25) is 0 Å². The minimum Gasteiger partial charge on any atom is -0.466 e. The van der Waals surface area contributed by atoms with Crippen molar-refractivity contribution in [3.8, 4) is 0 Å². The molecule has 0 saturated carbocycles. The van der Waals surface area contributed by atoms with E-state index in [9.17, 15) is 28.1 Å². The van der Waals surface area contributed by atoms with Gasteiger partial charge in [0.1, 0.15) is 5.41 Å². The Morgan fingerprint density at radius 2 is 1.94 bits per heavy atom. The van der Waals surface area contributed by atoms with Crippen LogP contribution in [0.3, 0.4) is 0 Å². The first-order valence-corrected chi connectivity index (χ1v) is 4.46. The minimum absolute atomic E-state index is 0.0643. The number of esters is 1. The van der Waals surface area contributed by atoms with E-state index < -0.39 is 35.4 Å². The van der Waals surface area contributed by atoms with Crippen LogP contribution in [0, 0.1) is 15.5 Å². The summed E-state index contributed by atoms with van der Waals surface area (Å²) in [7, 11) is 0. The number of nitro groups is 1. The average Bonchev–Trinajstić information content (AvgIpc) is 1.99. The lowest BCUT2D eigenvalue weighted by Gasteiger charge is -2.26. The number of alkyl halides is 3. The molecule has 0 aliphatic rings. The third-order valence-electron chi connectivity index (χ3n) is 2.00. The van der Waals surface area contributed by atoms with Gasteiger partial charge in [0.25, 0.3) is 0 Å². The molecule has 0 rings (SSSR count). The van der Waals surface area contributed by atoms with Gasteiger partial charge in [0.05, 0.1) is 13.0 Å². The van der Waals surface area contributed by atoms with Crippen LogP contribution in [-0.4, -0.2) is 30.2 Å². The van der Waals surface area contributed by atoms with E-state index in [4.69, 9.17) is 0 Å². The molecule has 0 fully saturated rings. The third kappa shape index (κ3) is 4.03. The van der Waals surface area contributed by atoms with Crippen molar-refractivity contribution < 1.29 is 27.6 Å². The molecule has 0 aromatic rings. The molecule has 16 heavy (non-hydrogen) atoms. The Kier molecular flexibility index (Phi) is 4.70. The summed E-state index contributed by atoms with van der Waals surface area (Å²) in [5.41, 5.74) is -2.69. The molecule has 94 valence electrons. The van der Waals surface area contributed by atoms with Crippen molar-refractivity contribution in [3.63, 3.8) is 0 Å². The van der Waals surface area contributed by atoms with E-state index in [0.29, 0.717) is 6.92 Å². The highest BCUT2D eigenvalue weighted by Gasteiger charge is 2.56. The highest BCUT2D eigenvalue weighted by molar-refractivity contribution is 5.70. The van der Waals surface area contributed by atoms with Crippen LogP contribution >= 0.6 is 0 Å². The topological polar surface area (TPSA) is 69.4 Å². The zero-order valence-corrected chi connectivity index (χ0v) is 8.84. The van der Waals surface area contributed by atoms with Gasteiger partial charge in [0, 0.05) is 4.92 Å². The van der Waals surface area contributed by atoms with Crippen molar-refractivity contribution in [2.24, 2.45) is 5.41 Å². The highest BCUT2D eigenvalue weighted by Crippen LogP contribution is 2.41. The Labute approximate surface area is 89.7 Å². The van der Waals surface area contributed by atoms with Crippen molar-refractivity contribution >= 4 is 5.97 Å². The molecule has 0 saturated heterocycles. The fourth-order valence-electron chi connectivity index (χ4n) is 1.06. The van der Waals surface area contributed by atoms with Gasteiger partial charge in [0.2, 0.25) is 6.54 Å². The van der Waals surface area contributed by atoms with Crippen molar-refractivity contribution in [1.82, 2.24) is 0 Å². The van der Waals surface area contributed by atoms with Crippen LogP contribution in [0.25, 0.3) is 0 Å². The Balaban J connectivity index is 4.81. The summed E-state index contributed by atoms with van der Waals surface area (Å²) < 4.78 is 42.0. The second-order valence-corrected chi connectivity index (χ2v) is 3.53. The monoisotopic (exact) mass is 243 g/mol. The van der Waals surface area contributed by atoms with Gasteiger partial charge >= 0.3 is 12.1 Å². The summed E-state index contributed by atoms with van der Waals surface area (Å²) in [5, 5.41) is 10.2. The maximum atomic E-state index is 12.6. The molecule has 0 heterocycles. The Morgan fingerprint density at radius 1 is 1.44 bits per heavy atom. The summed E-state index contributed by atoms with van der Waals surface area (Å²) in [6.07, 6.45) is -5.88. The van der Waals surface area contributed by atoms with Crippen molar-refractivity contribution in [2.75, 3.05) is 13.2 Å². The van der Waals surface area contributed by atoms with E-state index in [2.05, 4.69) is 4.74 Å². The van der Waals surface area contributed by atoms with Crippen molar-refractivity contribution in [1.29, 1.82) is 0 Å². The summed E-state index contributed by atoms with van der Waals surface area (Å²) >= 11 is 0. The van der Waals surface area contributed by atoms with Gasteiger partial charge in [-0.2, -0.15) is 13.2 Å². The zero-order valence-electron chi connectivity index (χ0n) is 8.84. The predicted molar refractivity (Wildman–Crippen MR) is 47.3 cm³/mol. The van der Waals surface area contributed by atoms with Crippen LogP contribution in [0.5, 0.6) is 0 Å². The van der Waals surface area contributed by atoms with E-state index in [1.54, 1.807) is 0 Å². The Bertz CT molecular complexity index is 279. The van der Waals surface area contributed by atoms with E-state index in [0.717, 1.165) is 0 Å².